The molecule has 1 amide bonds. The predicted octanol–water partition coefficient (Wildman–Crippen LogP) is -1.08. The maximum absolute atomic E-state index is 12.3. The molecule has 0 aromatic carbocycles. The number of rotatable bonds is 8. The Morgan fingerprint density at radius 1 is 1.42 bits per heavy atom. The molecule has 1 aromatic rings. The Bertz CT molecular complexity index is 531. The lowest BCUT2D eigenvalue weighted by Crippen LogP contribution is -2.53. The van der Waals surface area contributed by atoms with E-state index >= 15 is 0 Å². The average Bonchev–Trinajstić information content (AvgIpc) is 3.08. The van der Waals surface area contributed by atoms with Crippen LogP contribution in [0.1, 0.15) is 12.7 Å². The summed E-state index contributed by atoms with van der Waals surface area (Å²) in [4.78, 5) is 25.2. The second-order valence-corrected chi connectivity index (χ2v) is 6.10. The van der Waals surface area contributed by atoms with E-state index in [0.717, 1.165) is 38.5 Å². The third kappa shape index (κ3) is 7.46. The first kappa shape index (κ1) is 22.0. The van der Waals surface area contributed by atoms with Crippen molar-refractivity contribution in [1.29, 1.82) is 0 Å². The molecule has 0 radical (unpaired) electrons. The molecule has 1 unspecified atom stereocenters. The van der Waals surface area contributed by atoms with Gasteiger partial charge in [0.2, 0.25) is 5.91 Å². The molecule has 2 rings (SSSR count). The monoisotopic (exact) mass is 370 g/mol. The van der Waals surface area contributed by atoms with Crippen LogP contribution >= 0.6 is 0 Å². The highest BCUT2D eigenvalue weighted by molar-refractivity contribution is 5.81. The Labute approximate surface area is 154 Å². The molecule has 2 N–H and O–H groups in total. The van der Waals surface area contributed by atoms with E-state index < -0.39 is 0 Å². The average molecular weight is 370 g/mol. The van der Waals surface area contributed by atoms with E-state index in [-0.39, 0.29) is 18.4 Å². The van der Waals surface area contributed by atoms with E-state index in [1.54, 1.807) is 13.4 Å². The quantitative estimate of drug-likeness (QED) is 0.556. The number of carbonyl (C=O) groups is 2. The number of ether oxygens (including phenoxy) is 1. The van der Waals surface area contributed by atoms with Gasteiger partial charge < -0.3 is 24.6 Å². The number of amides is 1. The van der Waals surface area contributed by atoms with Crippen LogP contribution in [0, 0.1) is 0 Å². The molecule has 148 valence electrons. The first-order valence-electron chi connectivity index (χ1n) is 8.67. The first-order chi connectivity index (χ1) is 12.5. The maximum Gasteiger partial charge on any atom is 0.290 e. The van der Waals surface area contributed by atoms with Gasteiger partial charge in [-0.15, -0.1) is 10.2 Å². The molecule has 1 fully saturated rings. The summed E-state index contributed by atoms with van der Waals surface area (Å²) < 4.78 is 7.02. The van der Waals surface area contributed by atoms with Gasteiger partial charge in [-0.3, -0.25) is 14.5 Å². The van der Waals surface area contributed by atoms with Crippen molar-refractivity contribution in [2.45, 2.75) is 25.9 Å². The minimum Gasteiger partial charge on any atom is -0.483 e. The van der Waals surface area contributed by atoms with Crippen molar-refractivity contribution in [3.63, 3.8) is 0 Å². The molecule has 1 aliphatic heterocycles. The molecule has 10 heteroatoms. The van der Waals surface area contributed by atoms with Crippen LogP contribution in [0.4, 0.5) is 0 Å². The fourth-order valence-electron chi connectivity index (χ4n) is 2.67. The number of carbonyl (C=O) groups excluding carboxylic acids is 1. The largest absolute Gasteiger partial charge is 0.483 e. The molecule has 0 saturated carbocycles. The van der Waals surface area contributed by atoms with Crippen LogP contribution in [-0.4, -0.2) is 102 Å². The SMILES string of the molecule is COCCn1cnnc1CCNC(=O)C(C)N1CCN(C)CC1.O=CO. The number of aromatic nitrogens is 3. The van der Waals surface area contributed by atoms with Crippen molar-refractivity contribution in [2.24, 2.45) is 0 Å². The van der Waals surface area contributed by atoms with Gasteiger partial charge in [0, 0.05) is 52.8 Å². The van der Waals surface area contributed by atoms with Crippen molar-refractivity contribution in [1.82, 2.24) is 29.9 Å². The van der Waals surface area contributed by atoms with Gasteiger partial charge in [0.1, 0.15) is 12.2 Å². The molecular weight excluding hydrogens is 340 g/mol. The highest BCUT2D eigenvalue weighted by atomic mass is 16.5. The van der Waals surface area contributed by atoms with Crippen LogP contribution in [0.5, 0.6) is 0 Å². The fraction of sp³-hybridized carbons (Fsp3) is 0.750. The summed E-state index contributed by atoms with van der Waals surface area (Å²) >= 11 is 0. The molecule has 1 saturated heterocycles. The van der Waals surface area contributed by atoms with Gasteiger partial charge in [-0.25, -0.2) is 0 Å². The van der Waals surface area contributed by atoms with Crippen molar-refractivity contribution in [3.05, 3.63) is 12.2 Å². The van der Waals surface area contributed by atoms with Crippen LogP contribution in [0.3, 0.4) is 0 Å². The van der Waals surface area contributed by atoms with Crippen molar-refractivity contribution < 1.29 is 19.4 Å². The number of likely N-dealkylation sites (N-methyl/N-ethyl adjacent to an activating group) is 1. The minimum atomic E-state index is -0.250. The van der Waals surface area contributed by atoms with Crippen LogP contribution in [0.2, 0.25) is 0 Å². The Morgan fingerprint density at radius 2 is 2.08 bits per heavy atom. The molecule has 10 nitrogen and oxygen atoms in total. The number of piperazine rings is 1. The summed E-state index contributed by atoms with van der Waals surface area (Å²) in [6.07, 6.45) is 2.37. The lowest BCUT2D eigenvalue weighted by molar-refractivity contribution is -0.126. The standard InChI is InChI=1S/C15H28N6O2.CH2O2/c1-13(20-8-6-19(2)7-9-20)15(22)16-5-4-14-18-17-12-21(14)10-11-23-3;2-1-3/h12-13H,4-11H2,1-3H3,(H,16,22);1H,(H,2,3). The summed E-state index contributed by atoms with van der Waals surface area (Å²) in [6.45, 7) is 7.56. The minimum absolute atomic E-state index is 0.0810. The number of methoxy groups -OCH3 is 1. The molecule has 0 spiro atoms. The molecule has 1 atom stereocenters. The van der Waals surface area contributed by atoms with Gasteiger partial charge in [0.15, 0.2) is 0 Å². The fourth-order valence-corrected chi connectivity index (χ4v) is 2.67. The third-order valence-corrected chi connectivity index (χ3v) is 4.34. The van der Waals surface area contributed by atoms with E-state index in [2.05, 4.69) is 32.4 Å². The topological polar surface area (TPSA) is 113 Å². The summed E-state index contributed by atoms with van der Waals surface area (Å²) in [5.41, 5.74) is 0. The zero-order valence-corrected chi connectivity index (χ0v) is 15.8. The van der Waals surface area contributed by atoms with Crippen LogP contribution in [0.25, 0.3) is 0 Å². The van der Waals surface area contributed by atoms with Crippen LogP contribution in [-0.2, 0) is 27.3 Å². The van der Waals surface area contributed by atoms with E-state index in [1.165, 1.54) is 0 Å². The van der Waals surface area contributed by atoms with Gasteiger partial charge in [0.05, 0.1) is 12.6 Å². The molecule has 0 aliphatic carbocycles. The lowest BCUT2D eigenvalue weighted by Gasteiger charge is -2.35. The summed E-state index contributed by atoms with van der Waals surface area (Å²) in [5.74, 6) is 0.951. The molecule has 2 heterocycles. The smallest absolute Gasteiger partial charge is 0.290 e. The number of carboxylic acid groups (broad SMARTS) is 1. The molecule has 1 aromatic heterocycles. The summed E-state index contributed by atoms with van der Waals surface area (Å²) in [6, 6.07) is -0.0879. The molecular formula is C16H30N6O4. The first-order valence-corrected chi connectivity index (χ1v) is 8.67. The van der Waals surface area contributed by atoms with E-state index in [4.69, 9.17) is 14.6 Å². The van der Waals surface area contributed by atoms with Crippen LogP contribution < -0.4 is 5.32 Å². The molecule has 26 heavy (non-hydrogen) atoms. The number of hydrogen-bond donors (Lipinski definition) is 2. The maximum atomic E-state index is 12.3. The second kappa shape index (κ2) is 12.3. The van der Waals surface area contributed by atoms with Crippen LogP contribution in [0.15, 0.2) is 6.33 Å². The molecule has 1 aliphatic rings. The Kier molecular flexibility index (Phi) is 10.4. The summed E-state index contributed by atoms with van der Waals surface area (Å²) in [7, 11) is 3.78. The highest BCUT2D eigenvalue weighted by Gasteiger charge is 2.24. The van der Waals surface area contributed by atoms with E-state index in [9.17, 15) is 4.79 Å². The number of hydrogen-bond acceptors (Lipinski definition) is 7. The zero-order valence-electron chi connectivity index (χ0n) is 15.8. The second-order valence-electron chi connectivity index (χ2n) is 6.10. The molecule has 0 bridgehead atoms. The highest BCUT2D eigenvalue weighted by Crippen LogP contribution is 2.05. The lowest BCUT2D eigenvalue weighted by atomic mass is 10.2. The van der Waals surface area contributed by atoms with Gasteiger partial charge in [-0.05, 0) is 14.0 Å². The normalized spacial score (nSPS) is 16.4. The van der Waals surface area contributed by atoms with Gasteiger partial charge in [-0.1, -0.05) is 0 Å². The van der Waals surface area contributed by atoms with Gasteiger partial charge in [-0.2, -0.15) is 0 Å². The predicted molar refractivity (Wildman–Crippen MR) is 95.8 cm³/mol. The Morgan fingerprint density at radius 3 is 2.69 bits per heavy atom. The van der Waals surface area contributed by atoms with Gasteiger partial charge in [0.25, 0.3) is 6.47 Å². The van der Waals surface area contributed by atoms with E-state index in [1.807, 2.05) is 11.5 Å². The number of nitrogens with one attached hydrogen (secondary N) is 1. The van der Waals surface area contributed by atoms with Gasteiger partial charge >= 0.3 is 0 Å². The summed E-state index contributed by atoms with van der Waals surface area (Å²) in [5, 5.41) is 17.9. The van der Waals surface area contributed by atoms with Crippen molar-refractivity contribution in [3.8, 4) is 0 Å². The Balaban J connectivity index is 0.00000105. The Hall–Kier alpha value is -2.04. The van der Waals surface area contributed by atoms with Crippen molar-refractivity contribution >= 4 is 12.4 Å². The zero-order chi connectivity index (χ0) is 19.4. The van der Waals surface area contributed by atoms with E-state index in [0.29, 0.717) is 19.6 Å². The third-order valence-electron chi connectivity index (χ3n) is 4.34. The van der Waals surface area contributed by atoms with Crippen molar-refractivity contribution in [2.75, 3.05) is 53.5 Å². The number of nitrogens with zero attached hydrogens (tertiary/aromatic N) is 5.